The molecule has 0 aliphatic rings. The molecule has 3 heterocycles. The molecule has 0 bridgehead atoms. The van der Waals surface area contributed by atoms with Gasteiger partial charge in [0.1, 0.15) is 17.1 Å². The van der Waals surface area contributed by atoms with E-state index in [0.717, 1.165) is 6.20 Å². The lowest BCUT2D eigenvalue weighted by atomic mass is 10.1. The van der Waals surface area contributed by atoms with Crippen LogP contribution in [0.3, 0.4) is 0 Å². The van der Waals surface area contributed by atoms with Crippen molar-refractivity contribution in [3.8, 4) is 11.5 Å². The first kappa shape index (κ1) is 23.7. The maximum absolute atomic E-state index is 14.0. The predicted octanol–water partition coefficient (Wildman–Crippen LogP) is 5.46. The van der Waals surface area contributed by atoms with Gasteiger partial charge in [0.15, 0.2) is 11.4 Å². The van der Waals surface area contributed by atoms with E-state index in [1.165, 1.54) is 30.6 Å². The lowest BCUT2D eigenvalue weighted by Crippen LogP contribution is -2.21. The number of amides is 2. The van der Waals surface area contributed by atoms with Crippen molar-refractivity contribution < 1.29 is 27.1 Å². The van der Waals surface area contributed by atoms with E-state index in [1.54, 1.807) is 12.1 Å². The highest BCUT2D eigenvalue weighted by molar-refractivity contribution is 6.06. The van der Waals surface area contributed by atoms with E-state index in [1.807, 2.05) is 0 Å². The number of nitrogens with zero attached hydrogens (tertiary/aromatic N) is 3. The fourth-order valence-corrected chi connectivity index (χ4v) is 3.54. The monoisotopic (exact) mass is 510 g/mol. The number of rotatable bonds is 4. The smallest absolute Gasteiger partial charge is 0.416 e. The van der Waals surface area contributed by atoms with Gasteiger partial charge in [0.2, 0.25) is 0 Å². The van der Waals surface area contributed by atoms with Crippen molar-refractivity contribution in [2.75, 3.05) is 10.6 Å². The molecule has 37 heavy (non-hydrogen) atoms. The van der Waals surface area contributed by atoms with E-state index < -0.39 is 34.8 Å². The van der Waals surface area contributed by atoms with Crippen molar-refractivity contribution in [3.63, 3.8) is 0 Å². The molecule has 13 heteroatoms. The van der Waals surface area contributed by atoms with E-state index in [0.29, 0.717) is 29.3 Å². The Labute approximate surface area is 204 Å². The minimum Gasteiger partial charge on any atom is -0.454 e. The summed E-state index contributed by atoms with van der Waals surface area (Å²) in [5.74, 6) is -0.457. The Morgan fingerprint density at radius 3 is 2.54 bits per heavy atom. The molecule has 5 aromatic rings. The van der Waals surface area contributed by atoms with Crippen molar-refractivity contribution in [1.29, 1.82) is 0 Å². The summed E-state index contributed by atoms with van der Waals surface area (Å²) in [6.45, 7) is 0. The second-order valence-electron chi connectivity index (χ2n) is 7.64. The number of carbonyl (C=O) groups excluding carboxylic acids is 1. The van der Waals surface area contributed by atoms with Gasteiger partial charge in [0, 0.05) is 23.8 Å². The normalized spacial score (nSPS) is 11.5. The Balaban J connectivity index is 1.44. The van der Waals surface area contributed by atoms with Crippen LogP contribution < -0.4 is 20.9 Å². The molecule has 0 saturated heterocycles. The summed E-state index contributed by atoms with van der Waals surface area (Å²) in [5, 5.41) is 5.01. The van der Waals surface area contributed by atoms with E-state index in [-0.39, 0.29) is 28.1 Å². The number of benzene rings is 2. The molecule has 9 nitrogen and oxygen atoms in total. The third kappa shape index (κ3) is 4.87. The van der Waals surface area contributed by atoms with Gasteiger partial charge in [0.05, 0.1) is 28.7 Å². The number of urea groups is 1. The Morgan fingerprint density at radius 1 is 0.919 bits per heavy atom. The first-order chi connectivity index (χ1) is 17.7. The SMILES string of the molecule is O=C(Nc1cc(C(F)(F)F)ccc1F)Nc1ccc(Oc2ccnc3ncc(=O)[nH]c23)c2cccnc12. The number of halogens is 4. The number of hydrogen-bond acceptors (Lipinski definition) is 6. The van der Waals surface area contributed by atoms with Crippen molar-refractivity contribution in [3.05, 3.63) is 88.9 Å². The fraction of sp³-hybridized carbons (Fsp3) is 0.0417. The Morgan fingerprint density at radius 2 is 1.73 bits per heavy atom. The highest BCUT2D eigenvalue weighted by Crippen LogP contribution is 2.35. The van der Waals surface area contributed by atoms with Gasteiger partial charge in [-0.25, -0.2) is 19.2 Å². The lowest BCUT2D eigenvalue weighted by molar-refractivity contribution is -0.137. The summed E-state index contributed by atoms with van der Waals surface area (Å²) in [5.41, 5.74) is -1.20. The lowest BCUT2D eigenvalue weighted by Gasteiger charge is -2.14. The van der Waals surface area contributed by atoms with Crippen LogP contribution in [0.1, 0.15) is 5.56 Å². The third-order valence-electron chi connectivity index (χ3n) is 5.18. The first-order valence-electron chi connectivity index (χ1n) is 10.5. The number of carbonyl (C=O) groups is 1. The van der Waals surface area contributed by atoms with Gasteiger partial charge in [-0.2, -0.15) is 13.2 Å². The van der Waals surface area contributed by atoms with Crippen LogP contribution in [-0.4, -0.2) is 26.0 Å². The van der Waals surface area contributed by atoms with Crippen LogP contribution in [0.25, 0.3) is 22.1 Å². The zero-order chi connectivity index (χ0) is 26.2. The molecule has 0 aliphatic carbocycles. The van der Waals surface area contributed by atoms with Crippen LogP contribution >= 0.6 is 0 Å². The largest absolute Gasteiger partial charge is 0.454 e. The quantitative estimate of drug-likeness (QED) is 0.276. The third-order valence-corrected chi connectivity index (χ3v) is 5.18. The summed E-state index contributed by atoms with van der Waals surface area (Å²) in [4.78, 5) is 39.2. The van der Waals surface area contributed by atoms with Crippen LogP contribution in [0.2, 0.25) is 0 Å². The molecule has 2 amide bonds. The molecule has 0 spiro atoms. The number of anilines is 2. The molecule has 2 aromatic carbocycles. The maximum atomic E-state index is 14.0. The molecule has 5 rings (SSSR count). The minimum atomic E-state index is -4.71. The van der Waals surface area contributed by atoms with Crippen molar-refractivity contribution >= 4 is 39.5 Å². The first-order valence-corrected chi connectivity index (χ1v) is 10.5. The predicted molar refractivity (Wildman–Crippen MR) is 126 cm³/mol. The number of H-pyrrole nitrogens is 1. The second kappa shape index (κ2) is 9.18. The second-order valence-corrected chi connectivity index (χ2v) is 7.64. The molecule has 0 aliphatic heterocycles. The van der Waals surface area contributed by atoms with Crippen LogP contribution in [-0.2, 0) is 6.18 Å². The number of ether oxygens (including phenoxy) is 1. The molecule has 0 unspecified atom stereocenters. The van der Waals surface area contributed by atoms with Crippen molar-refractivity contribution in [2.45, 2.75) is 6.18 Å². The fourth-order valence-electron chi connectivity index (χ4n) is 3.54. The van der Waals surface area contributed by atoms with Gasteiger partial charge < -0.3 is 20.4 Å². The van der Waals surface area contributed by atoms with Gasteiger partial charge in [-0.1, -0.05) is 0 Å². The van der Waals surface area contributed by atoms with Gasteiger partial charge >= 0.3 is 12.2 Å². The molecule has 0 fully saturated rings. The number of pyridine rings is 2. The summed E-state index contributed by atoms with van der Waals surface area (Å²) in [6, 6.07) is 8.51. The summed E-state index contributed by atoms with van der Waals surface area (Å²) >= 11 is 0. The van der Waals surface area contributed by atoms with Gasteiger partial charge in [-0.15, -0.1) is 0 Å². The van der Waals surface area contributed by atoms with Gasteiger partial charge in [-0.3, -0.25) is 9.78 Å². The average Bonchev–Trinajstić information content (AvgIpc) is 2.86. The summed E-state index contributed by atoms with van der Waals surface area (Å²) in [6.07, 6.45) is -0.698. The van der Waals surface area contributed by atoms with Gasteiger partial charge in [0.25, 0.3) is 5.56 Å². The number of aromatic nitrogens is 4. The molecular formula is C24H14F4N6O3. The highest BCUT2D eigenvalue weighted by Gasteiger charge is 2.31. The molecule has 0 atom stereocenters. The van der Waals surface area contributed by atoms with E-state index in [2.05, 4.69) is 30.6 Å². The Kier molecular flexibility index (Phi) is 5.87. The standard InChI is InChI=1S/C24H14F4N6O3/c25-14-4-3-12(24(26,27)28)10-16(14)33-23(36)32-15-5-6-17(13-2-1-8-29-20(13)15)37-18-7-9-30-22-21(18)34-19(35)11-31-22/h1-11H,(H,34,35)(H2,32,33,36). The number of aromatic amines is 1. The number of alkyl halides is 3. The molecule has 186 valence electrons. The highest BCUT2D eigenvalue weighted by atomic mass is 19.4. The van der Waals surface area contributed by atoms with Crippen molar-refractivity contribution in [1.82, 2.24) is 19.9 Å². The van der Waals surface area contributed by atoms with Crippen LogP contribution in [0.5, 0.6) is 11.5 Å². The summed E-state index contributed by atoms with van der Waals surface area (Å²) < 4.78 is 58.9. The van der Waals surface area contributed by atoms with E-state index >= 15 is 0 Å². The summed E-state index contributed by atoms with van der Waals surface area (Å²) in [7, 11) is 0. The number of fused-ring (bicyclic) bond motifs is 2. The van der Waals surface area contributed by atoms with Gasteiger partial charge in [-0.05, 0) is 42.5 Å². The number of nitrogens with one attached hydrogen (secondary N) is 3. The van der Waals surface area contributed by atoms with Crippen LogP contribution in [0.4, 0.5) is 33.7 Å². The zero-order valence-corrected chi connectivity index (χ0v) is 18.4. The Hall–Kier alpha value is -5.07. The minimum absolute atomic E-state index is 0.183. The van der Waals surface area contributed by atoms with Crippen LogP contribution in [0.15, 0.2) is 71.9 Å². The molecule has 0 radical (unpaired) electrons. The zero-order valence-electron chi connectivity index (χ0n) is 18.4. The average molecular weight is 510 g/mol. The molecule has 3 N–H and O–H groups in total. The maximum Gasteiger partial charge on any atom is 0.416 e. The molecule has 0 saturated carbocycles. The number of hydrogen-bond donors (Lipinski definition) is 3. The molecule has 3 aromatic heterocycles. The Bertz CT molecular complexity index is 1720. The van der Waals surface area contributed by atoms with E-state index in [4.69, 9.17) is 4.74 Å². The topological polar surface area (TPSA) is 122 Å². The van der Waals surface area contributed by atoms with E-state index in [9.17, 15) is 27.2 Å². The van der Waals surface area contributed by atoms with Crippen molar-refractivity contribution in [2.24, 2.45) is 0 Å². The molecular weight excluding hydrogens is 496 g/mol. The van der Waals surface area contributed by atoms with Crippen LogP contribution in [0, 0.1) is 5.82 Å².